The summed E-state index contributed by atoms with van der Waals surface area (Å²) in [5, 5.41) is 19.8. The second-order valence-electron chi connectivity index (χ2n) is 7.73. The van der Waals surface area contributed by atoms with Crippen LogP contribution in [0.1, 0.15) is 24.3 Å². The zero-order valence-electron chi connectivity index (χ0n) is 18.3. The molecule has 0 bridgehead atoms. The van der Waals surface area contributed by atoms with E-state index in [0.29, 0.717) is 0 Å². The molecular weight excluding hydrogens is 412 g/mol. The smallest absolute Gasteiger partial charge is 0.145 e. The quantitative estimate of drug-likeness (QED) is 0.556. The second-order valence-corrected chi connectivity index (χ2v) is 8.68. The van der Waals surface area contributed by atoms with Crippen LogP contribution in [0.4, 0.5) is 5.69 Å². The molecule has 1 unspecified atom stereocenters. The molecule has 1 saturated heterocycles. The van der Waals surface area contributed by atoms with E-state index in [0.717, 1.165) is 78.2 Å². The van der Waals surface area contributed by atoms with Crippen LogP contribution in [0.5, 0.6) is 11.5 Å². The summed E-state index contributed by atoms with van der Waals surface area (Å²) < 4.78 is 10.9. The van der Waals surface area contributed by atoms with Crippen LogP contribution in [0.3, 0.4) is 0 Å². The Morgan fingerprint density at radius 2 is 1.97 bits per heavy atom. The minimum absolute atomic E-state index is 0.560. The van der Waals surface area contributed by atoms with Crippen molar-refractivity contribution < 1.29 is 14.6 Å². The van der Waals surface area contributed by atoms with Crippen LogP contribution in [0.2, 0.25) is 0 Å². The lowest BCUT2D eigenvalue weighted by atomic mass is 10.0. The third-order valence-corrected chi connectivity index (χ3v) is 6.73. The number of hydrogen-bond donors (Lipinski definition) is 2. The second kappa shape index (κ2) is 9.72. The van der Waals surface area contributed by atoms with E-state index in [9.17, 15) is 5.11 Å². The van der Waals surface area contributed by atoms with Crippen LogP contribution in [0.15, 0.2) is 35.7 Å². The number of hydrogen-bond acceptors (Lipinski definition) is 7. The first-order valence-electron chi connectivity index (χ1n) is 10.6. The van der Waals surface area contributed by atoms with Gasteiger partial charge in [-0.3, -0.25) is 10.00 Å². The molecule has 8 heteroatoms. The predicted molar refractivity (Wildman–Crippen MR) is 124 cm³/mol. The Balaban J connectivity index is 1.40. The Labute approximate surface area is 187 Å². The number of aromatic nitrogens is 2. The highest BCUT2D eigenvalue weighted by molar-refractivity contribution is 7.13. The molecule has 31 heavy (non-hydrogen) atoms. The lowest BCUT2D eigenvalue weighted by Gasteiger charge is -2.36. The van der Waals surface area contributed by atoms with Gasteiger partial charge in [0.1, 0.15) is 17.2 Å². The number of thiophene rings is 1. The van der Waals surface area contributed by atoms with Crippen molar-refractivity contribution in [3.63, 3.8) is 0 Å². The molecule has 166 valence electrons. The van der Waals surface area contributed by atoms with Gasteiger partial charge in [-0.15, -0.1) is 11.3 Å². The monoisotopic (exact) mass is 442 g/mol. The number of rotatable bonds is 8. The Bertz CT molecular complexity index is 979. The molecule has 3 heterocycles. The van der Waals surface area contributed by atoms with Gasteiger partial charge in [0.25, 0.3) is 0 Å². The summed E-state index contributed by atoms with van der Waals surface area (Å²) in [6.45, 7) is 6.56. The number of benzene rings is 1. The topological polar surface area (TPSA) is 73.9 Å². The summed E-state index contributed by atoms with van der Waals surface area (Å²) in [4.78, 5) is 5.98. The molecule has 0 radical (unpaired) electrons. The summed E-state index contributed by atoms with van der Waals surface area (Å²) in [6, 6.07) is 10.1. The van der Waals surface area contributed by atoms with Crippen molar-refractivity contribution in [2.75, 3.05) is 51.8 Å². The van der Waals surface area contributed by atoms with Crippen LogP contribution in [-0.2, 0) is 6.42 Å². The standard InChI is InChI=1S/C23H30N4O3S/c1-16(28)22-18(23(25-24-22)21-5-4-14-31-21)8-9-26-10-12-27(13-11-26)19-7-6-17(29-2)15-20(19)30-3/h4-7,14-16,28H,8-13H2,1-3H3,(H,24,25). The molecule has 2 N–H and O–H groups in total. The Morgan fingerprint density at radius 3 is 2.61 bits per heavy atom. The highest BCUT2D eigenvalue weighted by Crippen LogP contribution is 2.33. The number of ether oxygens (including phenoxy) is 2. The van der Waals surface area contributed by atoms with Crippen LogP contribution in [0.25, 0.3) is 10.6 Å². The minimum atomic E-state index is -0.560. The van der Waals surface area contributed by atoms with Gasteiger partial charge in [0, 0.05) is 44.4 Å². The van der Waals surface area contributed by atoms with Crippen molar-refractivity contribution >= 4 is 17.0 Å². The Hall–Kier alpha value is -2.55. The highest BCUT2D eigenvalue weighted by atomic mass is 32.1. The van der Waals surface area contributed by atoms with E-state index in [-0.39, 0.29) is 0 Å². The summed E-state index contributed by atoms with van der Waals surface area (Å²) in [5.74, 6) is 1.64. The largest absolute Gasteiger partial charge is 0.497 e. The number of aliphatic hydroxyl groups excluding tert-OH is 1. The molecule has 1 aliphatic rings. The predicted octanol–water partition coefficient (Wildman–Crippen LogP) is 3.57. The SMILES string of the molecule is COc1ccc(N2CCN(CCc3c(-c4cccs4)n[nH]c3C(C)O)CC2)c(OC)c1. The number of piperazine rings is 1. The number of aliphatic hydroxyl groups is 1. The molecule has 1 fully saturated rings. The van der Waals surface area contributed by atoms with Gasteiger partial charge in [0.15, 0.2) is 0 Å². The van der Waals surface area contributed by atoms with Crippen molar-refractivity contribution in [2.45, 2.75) is 19.4 Å². The fraction of sp³-hybridized carbons (Fsp3) is 0.435. The van der Waals surface area contributed by atoms with E-state index in [1.807, 2.05) is 18.2 Å². The first-order valence-corrected chi connectivity index (χ1v) is 11.5. The van der Waals surface area contributed by atoms with Gasteiger partial charge in [0.05, 0.1) is 36.6 Å². The molecule has 0 aliphatic carbocycles. The van der Waals surface area contributed by atoms with Crippen molar-refractivity contribution in [1.29, 1.82) is 0 Å². The van der Waals surface area contributed by atoms with Gasteiger partial charge >= 0.3 is 0 Å². The fourth-order valence-electron chi connectivity index (χ4n) is 4.12. The summed E-state index contributed by atoms with van der Waals surface area (Å²) >= 11 is 1.68. The molecule has 1 atom stereocenters. The van der Waals surface area contributed by atoms with E-state index in [1.54, 1.807) is 32.5 Å². The van der Waals surface area contributed by atoms with E-state index < -0.39 is 6.10 Å². The molecule has 4 rings (SSSR count). The molecule has 2 aromatic heterocycles. The number of anilines is 1. The van der Waals surface area contributed by atoms with Crippen molar-refractivity contribution in [3.05, 3.63) is 47.0 Å². The van der Waals surface area contributed by atoms with Crippen LogP contribution < -0.4 is 14.4 Å². The number of methoxy groups -OCH3 is 2. The molecule has 3 aromatic rings. The van der Waals surface area contributed by atoms with Gasteiger partial charge in [-0.25, -0.2) is 0 Å². The van der Waals surface area contributed by atoms with Gasteiger partial charge in [-0.05, 0) is 36.9 Å². The van der Waals surface area contributed by atoms with E-state index in [2.05, 4.69) is 37.5 Å². The number of aromatic amines is 1. The van der Waals surface area contributed by atoms with Crippen LogP contribution in [-0.4, -0.2) is 67.1 Å². The molecule has 7 nitrogen and oxygen atoms in total. The lowest BCUT2D eigenvalue weighted by Crippen LogP contribution is -2.47. The maximum atomic E-state index is 10.2. The molecule has 0 spiro atoms. The first kappa shape index (κ1) is 21.7. The van der Waals surface area contributed by atoms with Crippen molar-refractivity contribution in [3.8, 4) is 22.1 Å². The van der Waals surface area contributed by atoms with E-state index in [4.69, 9.17) is 9.47 Å². The molecule has 1 aliphatic heterocycles. The summed E-state index contributed by atoms with van der Waals surface area (Å²) in [6.07, 6.45) is 0.297. The first-order chi connectivity index (χ1) is 15.1. The van der Waals surface area contributed by atoms with Gasteiger partial charge in [-0.1, -0.05) is 6.07 Å². The minimum Gasteiger partial charge on any atom is -0.497 e. The lowest BCUT2D eigenvalue weighted by molar-refractivity contribution is 0.192. The van der Waals surface area contributed by atoms with Gasteiger partial charge < -0.3 is 19.5 Å². The third kappa shape index (κ3) is 4.71. The molecule has 1 aromatic carbocycles. The molecule has 0 amide bonds. The zero-order chi connectivity index (χ0) is 21.8. The van der Waals surface area contributed by atoms with Gasteiger partial charge in [0.2, 0.25) is 0 Å². The number of H-pyrrole nitrogens is 1. The van der Waals surface area contributed by atoms with Crippen LogP contribution >= 0.6 is 11.3 Å². The Morgan fingerprint density at radius 1 is 1.16 bits per heavy atom. The van der Waals surface area contributed by atoms with Crippen molar-refractivity contribution in [1.82, 2.24) is 15.1 Å². The molecule has 0 saturated carbocycles. The maximum Gasteiger partial charge on any atom is 0.145 e. The van der Waals surface area contributed by atoms with Crippen molar-refractivity contribution in [2.24, 2.45) is 0 Å². The normalized spacial score (nSPS) is 15.8. The highest BCUT2D eigenvalue weighted by Gasteiger charge is 2.23. The van der Waals surface area contributed by atoms with E-state index in [1.165, 1.54) is 0 Å². The average Bonchev–Trinajstić information content (AvgIpc) is 3.47. The molecular formula is C23H30N4O3S. The third-order valence-electron chi connectivity index (χ3n) is 5.85. The van der Waals surface area contributed by atoms with Crippen LogP contribution in [0, 0.1) is 0 Å². The maximum absolute atomic E-state index is 10.2. The summed E-state index contributed by atoms with van der Waals surface area (Å²) in [5.41, 5.74) is 4.02. The fourth-order valence-corrected chi connectivity index (χ4v) is 4.86. The van der Waals surface area contributed by atoms with Gasteiger partial charge in [-0.2, -0.15) is 5.10 Å². The number of nitrogens with one attached hydrogen (secondary N) is 1. The Kier molecular flexibility index (Phi) is 6.80. The average molecular weight is 443 g/mol. The van der Waals surface area contributed by atoms with E-state index >= 15 is 0 Å². The zero-order valence-corrected chi connectivity index (χ0v) is 19.1. The summed E-state index contributed by atoms with van der Waals surface area (Å²) in [7, 11) is 3.37. The number of nitrogens with zero attached hydrogens (tertiary/aromatic N) is 3.